The van der Waals surface area contributed by atoms with Gasteiger partial charge in [-0.25, -0.2) is 0 Å². The zero-order valence-electron chi connectivity index (χ0n) is 9.54. The Balaban J connectivity index is 3.19. The normalized spacial score (nSPS) is 9.44. The number of carboxylic acids is 1. The largest absolute Gasteiger partial charge is 0.481 e. The lowest BCUT2D eigenvalue weighted by molar-refractivity contribution is -0.137. The fraction of sp³-hybridized carbons (Fsp3) is 0.500. The third kappa shape index (κ3) is 12.3. The Morgan fingerprint density at radius 2 is 1.88 bits per heavy atom. The standard InChI is InChI=1S/C14H18O2/c1-2-3-4-5-6-7-8-9-10-11-12-13-14(15)16/h1,5-6H,7-13H2,(H,15,16). The molecule has 0 saturated heterocycles. The fourth-order valence-corrected chi connectivity index (χ4v) is 1.29. The number of allylic oxidation sites excluding steroid dienone is 2. The van der Waals surface area contributed by atoms with Gasteiger partial charge in [0.1, 0.15) is 0 Å². The Hall–Kier alpha value is -1.67. The van der Waals surface area contributed by atoms with Crippen molar-refractivity contribution in [1.82, 2.24) is 0 Å². The zero-order chi connectivity index (χ0) is 12.1. The van der Waals surface area contributed by atoms with Gasteiger partial charge in [-0.3, -0.25) is 4.79 Å². The number of rotatable bonds is 8. The molecule has 86 valence electrons. The predicted octanol–water partition coefficient (Wildman–Crippen LogP) is 2.99. The van der Waals surface area contributed by atoms with E-state index in [-0.39, 0.29) is 0 Å². The highest BCUT2D eigenvalue weighted by Crippen LogP contribution is 2.07. The van der Waals surface area contributed by atoms with E-state index in [1.807, 2.05) is 6.08 Å². The van der Waals surface area contributed by atoms with Crippen molar-refractivity contribution in [3.05, 3.63) is 12.2 Å². The number of carboxylic acid groups (broad SMARTS) is 1. The number of unbranched alkanes of at least 4 members (excludes halogenated alkanes) is 5. The minimum Gasteiger partial charge on any atom is -0.481 e. The minimum absolute atomic E-state index is 0.293. The molecule has 0 bridgehead atoms. The molecule has 1 N–H and O–H groups in total. The fourth-order valence-electron chi connectivity index (χ4n) is 1.29. The van der Waals surface area contributed by atoms with Gasteiger partial charge in [0.05, 0.1) is 0 Å². The molecule has 0 aromatic rings. The lowest BCUT2D eigenvalue weighted by Gasteiger charge is -1.97. The second-order valence-electron chi connectivity index (χ2n) is 3.52. The summed E-state index contributed by atoms with van der Waals surface area (Å²) in [4.78, 5) is 10.2. The Kier molecular flexibility index (Phi) is 10.2. The van der Waals surface area contributed by atoms with Gasteiger partial charge in [-0.2, -0.15) is 0 Å². The molecule has 0 atom stereocenters. The molecule has 0 unspecified atom stereocenters. The number of terminal acetylenes is 1. The molecule has 0 aliphatic rings. The van der Waals surface area contributed by atoms with Crippen LogP contribution in [0.4, 0.5) is 0 Å². The molecule has 0 spiro atoms. The summed E-state index contributed by atoms with van der Waals surface area (Å²) < 4.78 is 0. The van der Waals surface area contributed by atoms with E-state index >= 15 is 0 Å². The Bertz CT molecular complexity index is 310. The molecule has 0 aromatic heterocycles. The maximum atomic E-state index is 10.2. The van der Waals surface area contributed by atoms with Crippen molar-refractivity contribution in [2.45, 2.75) is 44.9 Å². The first-order chi connectivity index (χ1) is 7.77. The molecule has 16 heavy (non-hydrogen) atoms. The van der Waals surface area contributed by atoms with Gasteiger partial charge in [-0.1, -0.05) is 31.3 Å². The van der Waals surface area contributed by atoms with Crippen molar-refractivity contribution in [2.24, 2.45) is 0 Å². The van der Waals surface area contributed by atoms with Gasteiger partial charge in [0.25, 0.3) is 0 Å². The van der Waals surface area contributed by atoms with Gasteiger partial charge in [-0.05, 0) is 37.2 Å². The summed E-state index contributed by atoms with van der Waals surface area (Å²) in [7, 11) is 0. The summed E-state index contributed by atoms with van der Waals surface area (Å²) >= 11 is 0. The first-order valence-corrected chi connectivity index (χ1v) is 5.60. The van der Waals surface area contributed by atoms with Crippen LogP contribution < -0.4 is 0 Å². The molecule has 0 rings (SSSR count). The summed E-state index contributed by atoms with van der Waals surface area (Å²) in [5.74, 6) is 6.78. The van der Waals surface area contributed by atoms with Crippen molar-refractivity contribution in [3.8, 4) is 24.2 Å². The average molecular weight is 218 g/mol. The van der Waals surface area contributed by atoms with Crippen LogP contribution in [0.25, 0.3) is 0 Å². The van der Waals surface area contributed by atoms with E-state index in [0.29, 0.717) is 6.42 Å². The SMILES string of the molecule is C#CC#CC=CCCCCCCCC(=O)O. The van der Waals surface area contributed by atoms with Crippen molar-refractivity contribution in [2.75, 3.05) is 0 Å². The summed E-state index contributed by atoms with van der Waals surface area (Å²) in [5, 5.41) is 8.42. The second kappa shape index (κ2) is 11.4. The van der Waals surface area contributed by atoms with Crippen LogP contribution in [-0.4, -0.2) is 11.1 Å². The van der Waals surface area contributed by atoms with Crippen molar-refractivity contribution < 1.29 is 9.90 Å². The third-order valence-electron chi connectivity index (χ3n) is 2.11. The smallest absolute Gasteiger partial charge is 0.303 e. The van der Waals surface area contributed by atoms with E-state index in [4.69, 9.17) is 11.5 Å². The molecule has 0 heterocycles. The van der Waals surface area contributed by atoms with E-state index in [9.17, 15) is 4.79 Å². The molecule has 2 heteroatoms. The first kappa shape index (κ1) is 14.3. The van der Waals surface area contributed by atoms with Crippen LogP contribution in [0.2, 0.25) is 0 Å². The highest BCUT2D eigenvalue weighted by molar-refractivity contribution is 5.66. The van der Waals surface area contributed by atoms with Crippen molar-refractivity contribution in [3.63, 3.8) is 0 Å². The molecular formula is C14H18O2. The lowest BCUT2D eigenvalue weighted by atomic mass is 10.1. The summed E-state index contributed by atoms with van der Waals surface area (Å²) in [6.07, 6.45) is 15.2. The third-order valence-corrected chi connectivity index (χ3v) is 2.11. The number of aliphatic carboxylic acids is 1. The predicted molar refractivity (Wildman–Crippen MR) is 65.7 cm³/mol. The van der Waals surface area contributed by atoms with Gasteiger partial charge < -0.3 is 5.11 Å². The summed E-state index contributed by atoms with van der Waals surface area (Å²) in [6, 6.07) is 0. The molecule has 0 amide bonds. The Morgan fingerprint density at radius 1 is 1.19 bits per heavy atom. The molecule has 0 aromatic carbocycles. The quantitative estimate of drug-likeness (QED) is 0.502. The highest BCUT2D eigenvalue weighted by atomic mass is 16.4. The number of hydrogen-bond acceptors (Lipinski definition) is 1. The van der Waals surface area contributed by atoms with E-state index in [1.165, 1.54) is 0 Å². The second-order valence-corrected chi connectivity index (χ2v) is 3.52. The molecule has 0 aliphatic carbocycles. The average Bonchev–Trinajstić information content (AvgIpc) is 2.25. The van der Waals surface area contributed by atoms with E-state index < -0.39 is 5.97 Å². The Labute approximate surface area is 97.7 Å². The number of carbonyl (C=O) groups is 1. The topological polar surface area (TPSA) is 37.3 Å². The van der Waals surface area contributed by atoms with Crippen LogP contribution in [0.3, 0.4) is 0 Å². The molecule has 0 radical (unpaired) electrons. The first-order valence-electron chi connectivity index (χ1n) is 5.60. The minimum atomic E-state index is -0.699. The monoisotopic (exact) mass is 218 g/mol. The van der Waals surface area contributed by atoms with Crippen LogP contribution in [0.5, 0.6) is 0 Å². The van der Waals surface area contributed by atoms with Gasteiger partial charge >= 0.3 is 5.97 Å². The van der Waals surface area contributed by atoms with Gasteiger partial charge in [0.15, 0.2) is 0 Å². The molecule has 0 saturated carbocycles. The summed E-state index contributed by atoms with van der Waals surface area (Å²) in [5.41, 5.74) is 0. The van der Waals surface area contributed by atoms with E-state index in [0.717, 1.165) is 38.5 Å². The molecule has 2 nitrogen and oxygen atoms in total. The Morgan fingerprint density at radius 3 is 2.56 bits per heavy atom. The van der Waals surface area contributed by atoms with Crippen molar-refractivity contribution in [1.29, 1.82) is 0 Å². The van der Waals surface area contributed by atoms with E-state index in [2.05, 4.69) is 17.8 Å². The van der Waals surface area contributed by atoms with Gasteiger partial charge in [-0.15, -0.1) is 6.42 Å². The molecule has 0 fully saturated rings. The van der Waals surface area contributed by atoms with Crippen LogP contribution in [0.15, 0.2) is 12.2 Å². The number of hydrogen-bond donors (Lipinski definition) is 1. The maximum absolute atomic E-state index is 10.2. The zero-order valence-corrected chi connectivity index (χ0v) is 9.54. The van der Waals surface area contributed by atoms with Crippen LogP contribution in [-0.2, 0) is 4.79 Å². The molecule has 0 aliphatic heterocycles. The van der Waals surface area contributed by atoms with Crippen LogP contribution >= 0.6 is 0 Å². The van der Waals surface area contributed by atoms with Crippen LogP contribution in [0, 0.1) is 24.2 Å². The lowest BCUT2D eigenvalue weighted by Crippen LogP contribution is -1.93. The van der Waals surface area contributed by atoms with E-state index in [1.54, 1.807) is 6.08 Å². The van der Waals surface area contributed by atoms with Gasteiger partial charge in [0.2, 0.25) is 0 Å². The van der Waals surface area contributed by atoms with Crippen molar-refractivity contribution >= 4 is 5.97 Å². The van der Waals surface area contributed by atoms with Crippen LogP contribution in [0.1, 0.15) is 44.9 Å². The maximum Gasteiger partial charge on any atom is 0.303 e. The summed E-state index contributed by atoms with van der Waals surface area (Å²) in [6.45, 7) is 0. The van der Waals surface area contributed by atoms with Gasteiger partial charge in [0, 0.05) is 6.42 Å². The highest BCUT2D eigenvalue weighted by Gasteiger charge is 1.95. The molecular weight excluding hydrogens is 200 g/mol.